The Bertz CT molecular complexity index is 1000. The van der Waals surface area contributed by atoms with Crippen LogP contribution in [-0.2, 0) is 22.7 Å². The highest BCUT2D eigenvalue weighted by Crippen LogP contribution is 2.07. The molecule has 0 aromatic carbocycles. The van der Waals surface area contributed by atoms with Crippen LogP contribution in [0.25, 0.3) is 0 Å². The van der Waals surface area contributed by atoms with Crippen molar-refractivity contribution in [2.75, 3.05) is 11.9 Å². The molecule has 0 saturated heterocycles. The summed E-state index contributed by atoms with van der Waals surface area (Å²) in [5, 5.41) is 6.78. The van der Waals surface area contributed by atoms with E-state index in [2.05, 4.69) is 15.6 Å². The molecule has 0 aliphatic rings. The number of aryl methyl sites for hydroxylation is 1. The lowest BCUT2D eigenvalue weighted by Crippen LogP contribution is -2.33. The lowest BCUT2D eigenvalue weighted by atomic mass is 10.1. The van der Waals surface area contributed by atoms with Crippen LogP contribution in [0.5, 0.6) is 0 Å². The first-order chi connectivity index (χ1) is 15.7. The molecule has 0 aliphatic heterocycles. The number of unbranched alkanes of at least 4 members (excludes halogenated alkanes) is 1. The molecule has 0 spiro atoms. The summed E-state index contributed by atoms with van der Waals surface area (Å²) >= 11 is 0. The molecule has 10 nitrogen and oxygen atoms in total. The summed E-state index contributed by atoms with van der Waals surface area (Å²) < 4.78 is 1.58. The summed E-state index contributed by atoms with van der Waals surface area (Å²) in [4.78, 5) is 40.3. The van der Waals surface area contributed by atoms with E-state index in [4.69, 9.17) is 11.6 Å². The van der Waals surface area contributed by atoms with Crippen molar-refractivity contribution in [3.05, 3.63) is 70.7 Å². The molecule has 33 heavy (non-hydrogen) atoms. The summed E-state index contributed by atoms with van der Waals surface area (Å²) in [5.74, 6) is 5.62. The average molecular weight is 456 g/mol. The molecule has 178 valence electrons. The van der Waals surface area contributed by atoms with Gasteiger partial charge in [-0.15, -0.1) is 0 Å². The van der Waals surface area contributed by atoms with Gasteiger partial charge in [0.05, 0.1) is 12.2 Å². The first kappa shape index (κ1) is 25.6. The molecule has 2 amide bonds. The zero-order chi connectivity index (χ0) is 24.2. The summed E-state index contributed by atoms with van der Waals surface area (Å²) in [5.41, 5.74) is 6.84. The van der Waals surface area contributed by atoms with E-state index in [-0.39, 0.29) is 29.6 Å². The number of carbonyl (C=O) groups is 2. The highest BCUT2D eigenvalue weighted by atomic mass is 16.2. The molecule has 0 aliphatic carbocycles. The maximum atomic E-state index is 12.3. The van der Waals surface area contributed by atoms with E-state index in [0.717, 1.165) is 5.69 Å². The second-order valence-corrected chi connectivity index (χ2v) is 8.13. The molecule has 0 fully saturated rings. The predicted molar refractivity (Wildman–Crippen MR) is 127 cm³/mol. The minimum absolute atomic E-state index is 0.000228. The van der Waals surface area contributed by atoms with Crippen molar-refractivity contribution < 1.29 is 9.59 Å². The van der Waals surface area contributed by atoms with E-state index in [9.17, 15) is 14.4 Å². The van der Waals surface area contributed by atoms with Crippen LogP contribution in [-0.4, -0.2) is 32.9 Å². The fourth-order valence-corrected chi connectivity index (χ4v) is 3.01. The molecule has 2 aromatic heterocycles. The fourth-order valence-electron chi connectivity index (χ4n) is 3.01. The zero-order valence-corrected chi connectivity index (χ0v) is 19.2. The molecular formula is C23H33N7O3. The Morgan fingerprint density at radius 3 is 2.70 bits per heavy atom. The van der Waals surface area contributed by atoms with Gasteiger partial charge in [0.25, 0.3) is 11.5 Å². The van der Waals surface area contributed by atoms with Crippen molar-refractivity contribution in [1.82, 2.24) is 19.9 Å². The summed E-state index contributed by atoms with van der Waals surface area (Å²) in [7, 11) is 0. The largest absolute Gasteiger partial charge is 0.393 e. The smallest absolute Gasteiger partial charge is 0.269 e. The Balaban J connectivity index is 1.73. The van der Waals surface area contributed by atoms with Crippen molar-refractivity contribution in [3.8, 4) is 0 Å². The fraction of sp³-hybridized carbons (Fsp3) is 0.391. The Kier molecular flexibility index (Phi) is 10.1. The van der Waals surface area contributed by atoms with Gasteiger partial charge in [0.2, 0.25) is 5.91 Å². The van der Waals surface area contributed by atoms with Crippen molar-refractivity contribution in [1.29, 1.82) is 0 Å². The molecule has 0 unspecified atom stereocenters. The van der Waals surface area contributed by atoms with Crippen LogP contribution in [0, 0.1) is 5.92 Å². The van der Waals surface area contributed by atoms with Gasteiger partial charge in [-0.2, -0.15) is 0 Å². The number of nitrogens with zero attached hydrogens (tertiary/aromatic N) is 3. The van der Waals surface area contributed by atoms with Gasteiger partial charge < -0.3 is 25.9 Å². The number of nitrogens with one attached hydrogen (secondary N) is 2. The third kappa shape index (κ3) is 9.56. The Morgan fingerprint density at radius 1 is 1.24 bits per heavy atom. The molecule has 2 heterocycles. The number of rotatable bonds is 12. The van der Waals surface area contributed by atoms with E-state index in [0.29, 0.717) is 38.0 Å². The molecule has 6 N–H and O–H groups in total. The topological polar surface area (TPSA) is 148 Å². The van der Waals surface area contributed by atoms with Crippen molar-refractivity contribution in [2.45, 2.75) is 46.2 Å². The number of carbonyl (C=O) groups excluding carboxylic acids is 2. The second kappa shape index (κ2) is 13.0. The Labute approximate surface area is 193 Å². The van der Waals surface area contributed by atoms with E-state index in [1.165, 1.54) is 17.3 Å². The third-order valence-electron chi connectivity index (χ3n) is 4.66. The van der Waals surface area contributed by atoms with Crippen LogP contribution in [0.2, 0.25) is 0 Å². The minimum Gasteiger partial charge on any atom is -0.393 e. The molecule has 0 bridgehead atoms. The standard InChI is InChI=1S/C23H33N7O3/c1-17(2)13-21(31)28-18-8-12-29(22(32)14-18)10-5-6-11-30(25)16-20(24)23(33)27-15-19-7-3-4-9-26-19/h3-4,7-9,12,14,16-17H,5-6,10-11,13,15,24-25H2,1-2H3,(H,27,33)(H,28,31)/b20-16-. The normalized spacial score (nSPS) is 11.3. The maximum absolute atomic E-state index is 12.3. The average Bonchev–Trinajstić information content (AvgIpc) is 2.76. The highest BCUT2D eigenvalue weighted by Gasteiger charge is 2.08. The van der Waals surface area contributed by atoms with Gasteiger partial charge in [-0.3, -0.25) is 19.4 Å². The van der Waals surface area contributed by atoms with E-state index in [1.54, 1.807) is 35.2 Å². The van der Waals surface area contributed by atoms with Crippen LogP contribution >= 0.6 is 0 Å². The summed E-state index contributed by atoms with van der Waals surface area (Å²) in [6, 6.07) is 8.56. The minimum atomic E-state index is -0.428. The van der Waals surface area contributed by atoms with E-state index in [1.807, 2.05) is 19.9 Å². The monoisotopic (exact) mass is 455 g/mol. The highest BCUT2D eigenvalue weighted by molar-refractivity contribution is 5.92. The van der Waals surface area contributed by atoms with Gasteiger partial charge in [0.1, 0.15) is 5.70 Å². The molecular weight excluding hydrogens is 422 g/mol. The number of aromatic nitrogens is 2. The van der Waals surface area contributed by atoms with Crippen LogP contribution < -0.4 is 27.8 Å². The third-order valence-corrected chi connectivity index (χ3v) is 4.66. The summed E-state index contributed by atoms with van der Waals surface area (Å²) in [6.07, 6.45) is 6.49. The molecule has 2 rings (SSSR count). The predicted octanol–water partition coefficient (Wildman–Crippen LogP) is 1.30. The number of hydrazine groups is 1. The van der Waals surface area contributed by atoms with Gasteiger partial charge in [-0.05, 0) is 37.0 Å². The lowest BCUT2D eigenvalue weighted by Gasteiger charge is -2.15. The molecule has 0 radical (unpaired) electrons. The zero-order valence-electron chi connectivity index (χ0n) is 19.2. The van der Waals surface area contributed by atoms with E-state index >= 15 is 0 Å². The van der Waals surface area contributed by atoms with Crippen molar-refractivity contribution in [2.24, 2.45) is 17.5 Å². The number of hydrogen-bond donors (Lipinski definition) is 4. The van der Waals surface area contributed by atoms with Crippen LogP contribution in [0.3, 0.4) is 0 Å². The number of amides is 2. The number of pyridine rings is 2. The quantitative estimate of drug-likeness (QED) is 0.163. The molecule has 0 atom stereocenters. The number of hydrogen-bond acceptors (Lipinski definition) is 7. The lowest BCUT2D eigenvalue weighted by molar-refractivity contribution is -0.118. The Hall–Kier alpha value is -3.66. The van der Waals surface area contributed by atoms with Crippen LogP contribution in [0.1, 0.15) is 38.8 Å². The SMILES string of the molecule is CC(C)CC(=O)Nc1ccn(CCCCN(N)/C=C(\N)C(=O)NCc2ccccn2)c(=O)c1. The van der Waals surface area contributed by atoms with Gasteiger partial charge >= 0.3 is 0 Å². The van der Waals surface area contributed by atoms with Gasteiger partial charge in [-0.25, -0.2) is 5.84 Å². The molecule has 0 saturated carbocycles. The van der Waals surface area contributed by atoms with Crippen LogP contribution in [0.15, 0.2) is 59.4 Å². The van der Waals surface area contributed by atoms with Crippen molar-refractivity contribution >= 4 is 17.5 Å². The van der Waals surface area contributed by atoms with Gasteiger partial charge in [-0.1, -0.05) is 19.9 Å². The summed E-state index contributed by atoms with van der Waals surface area (Å²) in [6.45, 7) is 5.17. The molecule has 2 aromatic rings. The number of anilines is 1. The maximum Gasteiger partial charge on any atom is 0.269 e. The van der Waals surface area contributed by atoms with Crippen molar-refractivity contribution in [3.63, 3.8) is 0 Å². The van der Waals surface area contributed by atoms with Gasteiger partial charge in [0.15, 0.2) is 0 Å². The Morgan fingerprint density at radius 2 is 2.03 bits per heavy atom. The van der Waals surface area contributed by atoms with Crippen LogP contribution in [0.4, 0.5) is 5.69 Å². The first-order valence-electron chi connectivity index (χ1n) is 10.9. The first-order valence-corrected chi connectivity index (χ1v) is 10.9. The van der Waals surface area contributed by atoms with Gasteiger partial charge in [0, 0.05) is 49.9 Å². The second-order valence-electron chi connectivity index (χ2n) is 8.13. The number of nitrogens with two attached hydrogens (primary N) is 2. The molecule has 10 heteroatoms. The van der Waals surface area contributed by atoms with E-state index < -0.39 is 5.91 Å².